The van der Waals surface area contributed by atoms with Crippen molar-refractivity contribution in [2.45, 2.75) is 19.9 Å². The molecule has 2 N–H and O–H groups in total. The van der Waals surface area contributed by atoms with Gasteiger partial charge >= 0.3 is 0 Å². The van der Waals surface area contributed by atoms with Gasteiger partial charge in [-0.05, 0) is 12.1 Å². The molecule has 0 aliphatic carbocycles. The number of carbonyl (C=O) groups excluding carboxylic acids is 1. The maximum absolute atomic E-state index is 13.2. The lowest BCUT2D eigenvalue weighted by atomic mass is 9.79. The molecule has 2 atom stereocenters. The first-order chi connectivity index (χ1) is 14.0. The number of rotatable bonds is 2. The number of fused-ring (bicyclic) bond motifs is 2. The van der Waals surface area contributed by atoms with E-state index in [0.29, 0.717) is 44.7 Å². The van der Waals surface area contributed by atoms with Gasteiger partial charge in [-0.3, -0.25) is 9.59 Å². The van der Waals surface area contributed by atoms with Crippen LogP contribution >= 0.6 is 0 Å². The van der Waals surface area contributed by atoms with Crippen LogP contribution in [0.3, 0.4) is 0 Å². The minimum atomic E-state index is -0.833. The number of amides is 1. The summed E-state index contributed by atoms with van der Waals surface area (Å²) in [5, 5.41) is 10.8. The molecule has 3 aliphatic rings. The SMILES string of the molecule is CC(=O)O.O=C(N1CCc2oc(-c3ccccc3)nc2C1)[C@]12CNC[C@H]1COC2. The van der Waals surface area contributed by atoms with Crippen molar-refractivity contribution in [1.29, 1.82) is 0 Å². The van der Waals surface area contributed by atoms with Gasteiger partial charge in [-0.15, -0.1) is 0 Å². The van der Waals surface area contributed by atoms with E-state index >= 15 is 0 Å². The second-order valence-corrected chi connectivity index (χ2v) is 7.75. The number of aromatic nitrogens is 1. The van der Waals surface area contributed by atoms with Crippen molar-refractivity contribution in [3.8, 4) is 11.5 Å². The Bertz CT molecular complexity index is 881. The van der Waals surface area contributed by atoms with E-state index in [1.165, 1.54) is 0 Å². The fraction of sp³-hybridized carbons (Fsp3) is 0.476. The number of benzene rings is 1. The molecule has 0 spiro atoms. The van der Waals surface area contributed by atoms with Crippen molar-refractivity contribution < 1.29 is 23.8 Å². The van der Waals surface area contributed by atoms with E-state index in [-0.39, 0.29) is 11.3 Å². The van der Waals surface area contributed by atoms with Gasteiger partial charge in [-0.25, -0.2) is 4.98 Å². The standard InChI is InChI=1S/C19H21N3O3.C2H4O2/c23-18(19-11-20-8-14(19)10-24-12-19)22-7-6-16-15(9-22)21-17(25-16)13-4-2-1-3-5-13;1-2(3)4/h1-5,14,20H,6-12H2;1H3,(H,3,4)/t14-,19-;/m0./s1. The number of carboxylic acid groups (broad SMARTS) is 1. The van der Waals surface area contributed by atoms with E-state index in [1.54, 1.807) is 0 Å². The number of nitrogens with one attached hydrogen (secondary N) is 1. The zero-order valence-electron chi connectivity index (χ0n) is 16.4. The predicted molar refractivity (Wildman–Crippen MR) is 104 cm³/mol. The molecule has 2 fully saturated rings. The molecule has 0 unspecified atom stereocenters. The number of carboxylic acids is 1. The highest BCUT2D eigenvalue weighted by atomic mass is 16.5. The van der Waals surface area contributed by atoms with Gasteiger partial charge in [0.1, 0.15) is 11.5 Å². The smallest absolute Gasteiger partial charge is 0.300 e. The Morgan fingerprint density at radius 1 is 1.31 bits per heavy atom. The van der Waals surface area contributed by atoms with Gasteiger partial charge in [-0.2, -0.15) is 0 Å². The first kappa shape index (κ1) is 19.6. The lowest BCUT2D eigenvalue weighted by Gasteiger charge is -2.34. The molecule has 0 radical (unpaired) electrons. The Morgan fingerprint density at radius 2 is 2.07 bits per heavy atom. The Hall–Kier alpha value is -2.71. The minimum Gasteiger partial charge on any atom is -0.481 e. The first-order valence-corrected chi connectivity index (χ1v) is 9.81. The molecule has 8 heteroatoms. The van der Waals surface area contributed by atoms with Gasteiger partial charge in [0.2, 0.25) is 11.8 Å². The van der Waals surface area contributed by atoms with E-state index in [4.69, 9.17) is 19.1 Å². The fourth-order valence-electron chi connectivity index (χ4n) is 4.28. The monoisotopic (exact) mass is 399 g/mol. The molecule has 29 heavy (non-hydrogen) atoms. The van der Waals surface area contributed by atoms with E-state index in [2.05, 4.69) is 10.3 Å². The van der Waals surface area contributed by atoms with Crippen molar-refractivity contribution >= 4 is 11.9 Å². The Morgan fingerprint density at radius 3 is 2.83 bits per heavy atom. The first-order valence-electron chi connectivity index (χ1n) is 9.81. The highest BCUT2D eigenvalue weighted by Crippen LogP contribution is 2.40. The predicted octanol–water partition coefficient (Wildman–Crippen LogP) is 1.55. The summed E-state index contributed by atoms with van der Waals surface area (Å²) in [5.41, 5.74) is 1.47. The molecule has 2 aromatic rings. The summed E-state index contributed by atoms with van der Waals surface area (Å²) in [6, 6.07) is 9.90. The Balaban J connectivity index is 0.000000472. The molecule has 1 aromatic heterocycles. The summed E-state index contributed by atoms with van der Waals surface area (Å²) in [6.45, 7) is 5.09. The molecular formula is C21H25N3O5. The zero-order valence-corrected chi connectivity index (χ0v) is 16.4. The van der Waals surface area contributed by atoms with Crippen LogP contribution < -0.4 is 5.32 Å². The van der Waals surface area contributed by atoms with Crippen molar-refractivity contribution in [3.05, 3.63) is 41.8 Å². The van der Waals surface area contributed by atoms with Gasteiger partial charge in [0.15, 0.2) is 0 Å². The Kier molecular flexibility index (Phi) is 5.38. The lowest BCUT2D eigenvalue weighted by molar-refractivity contribution is -0.143. The molecule has 5 rings (SSSR count). The molecule has 4 heterocycles. The summed E-state index contributed by atoms with van der Waals surface area (Å²) < 4.78 is 11.6. The number of aliphatic carboxylic acids is 1. The second kappa shape index (κ2) is 7.96. The van der Waals surface area contributed by atoms with E-state index in [1.807, 2.05) is 35.2 Å². The van der Waals surface area contributed by atoms with Crippen molar-refractivity contribution in [2.75, 3.05) is 32.8 Å². The molecule has 3 aliphatic heterocycles. The van der Waals surface area contributed by atoms with Crippen LogP contribution in [-0.4, -0.2) is 59.7 Å². The summed E-state index contributed by atoms with van der Waals surface area (Å²) >= 11 is 0. The van der Waals surface area contributed by atoms with E-state index in [9.17, 15) is 4.79 Å². The molecule has 1 aromatic carbocycles. The molecule has 2 saturated heterocycles. The van der Waals surface area contributed by atoms with Crippen LogP contribution in [0.15, 0.2) is 34.7 Å². The van der Waals surface area contributed by atoms with Crippen LogP contribution in [0, 0.1) is 11.3 Å². The maximum atomic E-state index is 13.2. The van der Waals surface area contributed by atoms with Crippen molar-refractivity contribution in [1.82, 2.24) is 15.2 Å². The van der Waals surface area contributed by atoms with Gasteiger partial charge in [0.25, 0.3) is 5.97 Å². The van der Waals surface area contributed by atoms with Gasteiger partial charge in [-0.1, -0.05) is 18.2 Å². The molecule has 154 valence electrons. The number of hydrogen-bond acceptors (Lipinski definition) is 6. The van der Waals surface area contributed by atoms with Crippen LogP contribution in [0.1, 0.15) is 18.4 Å². The van der Waals surface area contributed by atoms with Gasteiger partial charge < -0.3 is 24.5 Å². The molecule has 8 nitrogen and oxygen atoms in total. The lowest BCUT2D eigenvalue weighted by Crippen LogP contribution is -2.50. The topological polar surface area (TPSA) is 105 Å². The molecular weight excluding hydrogens is 374 g/mol. The quantitative estimate of drug-likeness (QED) is 0.789. The highest BCUT2D eigenvalue weighted by Gasteiger charge is 2.54. The van der Waals surface area contributed by atoms with Crippen LogP contribution in [0.2, 0.25) is 0 Å². The molecule has 0 bridgehead atoms. The number of carbonyl (C=O) groups is 2. The van der Waals surface area contributed by atoms with Crippen LogP contribution in [0.25, 0.3) is 11.5 Å². The normalized spacial score (nSPS) is 25.0. The highest BCUT2D eigenvalue weighted by molar-refractivity contribution is 5.84. The zero-order chi connectivity index (χ0) is 20.4. The third-order valence-corrected chi connectivity index (χ3v) is 5.75. The summed E-state index contributed by atoms with van der Waals surface area (Å²) in [6.07, 6.45) is 0.718. The summed E-state index contributed by atoms with van der Waals surface area (Å²) in [4.78, 5) is 28.8. The van der Waals surface area contributed by atoms with Crippen LogP contribution in [0.4, 0.5) is 0 Å². The third-order valence-electron chi connectivity index (χ3n) is 5.75. The maximum Gasteiger partial charge on any atom is 0.300 e. The van der Waals surface area contributed by atoms with E-state index in [0.717, 1.165) is 36.9 Å². The van der Waals surface area contributed by atoms with Crippen molar-refractivity contribution in [3.63, 3.8) is 0 Å². The van der Waals surface area contributed by atoms with Crippen molar-refractivity contribution in [2.24, 2.45) is 11.3 Å². The Labute approximate surface area is 168 Å². The average molecular weight is 399 g/mol. The number of ether oxygens (including phenoxy) is 1. The molecule has 0 saturated carbocycles. The fourth-order valence-corrected chi connectivity index (χ4v) is 4.28. The number of oxazole rings is 1. The second-order valence-electron chi connectivity index (χ2n) is 7.75. The molecule has 1 amide bonds. The van der Waals surface area contributed by atoms with E-state index < -0.39 is 5.97 Å². The average Bonchev–Trinajstić information content (AvgIpc) is 3.40. The largest absolute Gasteiger partial charge is 0.481 e. The number of hydrogen-bond donors (Lipinski definition) is 2. The third kappa shape index (κ3) is 3.77. The van der Waals surface area contributed by atoms with Crippen LogP contribution in [0.5, 0.6) is 0 Å². The van der Waals surface area contributed by atoms with Gasteiger partial charge in [0, 0.05) is 44.5 Å². The number of nitrogens with zero attached hydrogens (tertiary/aromatic N) is 2. The van der Waals surface area contributed by atoms with Gasteiger partial charge in [0.05, 0.1) is 25.2 Å². The summed E-state index contributed by atoms with van der Waals surface area (Å²) in [7, 11) is 0. The minimum absolute atomic E-state index is 0.204. The summed E-state index contributed by atoms with van der Waals surface area (Å²) in [5.74, 6) is 1.21. The van der Waals surface area contributed by atoms with Crippen LogP contribution in [-0.2, 0) is 27.3 Å².